The number of benzene rings is 1. The molecule has 21 heavy (non-hydrogen) atoms. The third kappa shape index (κ3) is 4.12. The van der Waals surface area contributed by atoms with Crippen LogP contribution in [-0.2, 0) is 6.42 Å². The van der Waals surface area contributed by atoms with E-state index in [1.165, 1.54) is 37.2 Å². The minimum atomic E-state index is 0.175. The number of nitrogens with zero attached hydrogens (tertiary/aromatic N) is 2. The number of piperidine rings is 1. The molecule has 0 aromatic heterocycles. The number of nitrogens with two attached hydrogens (primary N) is 1. The molecular weight excluding hydrogens is 282 g/mol. The van der Waals surface area contributed by atoms with Crippen LogP contribution < -0.4 is 10.6 Å². The zero-order chi connectivity index (χ0) is 15.4. The molecule has 0 spiro atoms. The Kier molecular flexibility index (Phi) is 5.91. The van der Waals surface area contributed by atoms with Crippen molar-refractivity contribution in [3.05, 3.63) is 28.8 Å². The van der Waals surface area contributed by atoms with Gasteiger partial charge in [0.15, 0.2) is 0 Å². The van der Waals surface area contributed by atoms with Crippen LogP contribution in [0.2, 0.25) is 5.02 Å². The molecular formula is C17H28ClN3. The largest absolute Gasteiger partial charge is 0.371 e. The smallest absolute Gasteiger partial charge is 0.0459 e. The first kappa shape index (κ1) is 16.6. The maximum absolute atomic E-state index is 6.45. The third-order valence-corrected chi connectivity index (χ3v) is 5.05. The van der Waals surface area contributed by atoms with Crippen molar-refractivity contribution in [2.75, 3.05) is 32.1 Å². The van der Waals surface area contributed by atoms with E-state index in [2.05, 4.69) is 36.9 Å². The average Bonchev–Trinajstić information content (AvgIpc) is 2.49. The van der Waals surface area contributed by atoms with Crippen LogP contribution in [0.15, 0.2) is 18.2 Å². The molecule has 0 amide bonds. The lowest BCUT2D eigenvalue weighted by Crippen LogP contribution is -2.42. The Balaban J connectivity index is 2.19. The van der Waals surface area contributed by atoms with E-state index in [1.807, 2.05) is 12.1 Å². The Bertz CT molecular complexity index is 455. The molecule has 1 unspecified atom stereocenters. The lowest BCUT2D eigenvalue weighted by molar-refractivity contribution is 0.252. The van der Waals surface area contributed by atoms with Crippen molar-refractivity contribution in [1.29, 1.82) is 0 Å². The van der Waals surface area contributed by atoms with Gasteiger partial charge in [-0.1, -0.05) is 24.6 Å². The molecule has 4 heteroatoms. The van der Waals surface area contributed by atoms with Crippen LogP contribution in [0.4, 0.5) is 5.69 Å². The molecule has 1 aliphatic rings. The van der Waals surface area contributed by atoms with Gasteiger partial charge in [0.05, 0.1) is 0 Å². The molecule has 2 N–H and O–H groups in total. The van der Waals surface area contributed by atoms with E-state index in [0.717, 1.165) is 17.9 Å². The second-order valence-electron chi connectivity index (χ2n) is 6.26. The number of anilines is 1. The SMILES string of the molecule is CCC(N)Cc1c(Cl)cccc1N(C)C1CCN(C)CC1. The van der Waals surface area contributed by atoms with Gasteiger partial charge < -0.3 is 15.5 Å². The summed E-state index contributed by atoms with van der Waals surface area (Å²) < 4.78 is 0. The topological polar surface area (TPSA) is 32.5 Å². The number of hydrogen-bond acceptors (Lipinski definition) is 3. The van der Waals surface area contributed by atoms with Gasteiger partial charge in [0.2, 0.25) is 0 Å². The van der Waals surface area contributed by atoms with Gasteiger partial charge in [-0.2, -0.15) is 0 Å². The summed E-state index contributed by atoms with van der Waals surface area (Å²) in [5, 5.41) is 0.844. The fraction of sp³-hybridized carbons (Fsp3) is 0.647. The highest BCUT2D eigenvalue weighted by atomic mass is 35.5. The highest BCUT2D eigenvalue weighted by molar-refractivity contribution is 6.31. The Morgan fingerprint density at radius 1 is 1.38 bits per heavy atom. The predicted molar refractivity (Wildman–Crippen MR) is 92.3 cm³/mol. The first-order valence-corrected chi connectivity index (χ1v) is 8.35. The molecule has 1 aromatic carbocycles. The zero-order valence-electron chi connectivity index (χ0n) is 13.5. The molecule has 1 aliphatic heterocycles. The molecule has 1 heterocycles. The standard InChI is InChI=1S/C17H28ClN3/c1-4-13(19)12-15-16(18)6-5-7-17(15)21(3)14-8-10-20(2)11-9-14/h5-7,13-14H,4,8-12,19H2,1-3H3. The minimum absolute atomic E-state index is 0.175. The Morgan fingerprint density at radius 2 is 2.05 bits per heavy atom. The van der Waals surface area contributed by atoms with Gasteiger partial charge in [-0.05, 0) is 63.5 Å². The van der Waals surface area contributed by atoms with Crippen LogP contribution in [0.1, 0.15) is 31.7 Å². The lowest BCUT2D eigenvalue weighted by atomic mass is 9.99. The molecule has 2 rings (SSSR count). The summed E-state index contributed by atoms with van der Waals surface area (Å²) in [6.07, 6.45) is 4.24. The molecule has 1 aromatic rings. The van der Waals surface area contributed by atoms with Crippen molar-refractivity contribution in [3.63, 3.8) is 0 Å². The van der Waals surface area contributed by atoms with Gasteiger partial charge in [-0.15, -0.1) is 0 Å². The number of likely N-dealkylation sites (tertiary alicyclic amines) is 1. The average molecular weight is 310 g/mol. The van der Waals surface area contributed by atoms with Gasteiger partial charge >= 0.3 is 0 Å². The molecule has 0 radical (unpaired) electrons. The van der Waals surface area contributed by atoms with E-state index < -0.39 is 0 Å². The van der Waals surface area contributed by atoms with Crippen molar-refractivity contribution in [1.82, 2.24) is 4.90 Å². The molecule has 118 valence electrons. The maximum Gasteiger partial charge on any atom is 0.0459 e. The molecule has 1 fully saturated rings. The highest BCUT2D eigenvalue weighted by Gasteiger charge is 2.23. The first-order chi connectivity index (χ1) is 10.0. The molecule has 1 saturated heterocycles. The summed E-state index contributed by atoms with van der Waals surface area (Å²) in [6.45, 7) is 4.46. The van der Waals surface area contributed by atoms with Crippen molar-refractivity contribution in [2.24, 2.45) is 5.73 Å². The predicted octanol–water partition coefficient (Wildman–Crippen LogP) is 3.15. The second kappa shape index (κ2) is 7.48. The van der Waals surface area contributed by atoms with Crippen molar-refractivity contribution in [3.8, 4) is 0 Å². The van der Waals surface area contributed by atoms with E-state index in [0.29, 0.717) is 6.04 Å². The van der Waals surface area contributed by atoms with Gasteiger partial charge in [0, 0.05) is 29.8 Å². The van der Waals surface area contributed by atoms with E-state index in [4.69, 9.17) is 17.3 Å². The van der Waals surface area contributed by atoms with Crippen LogP contribution in [0.3, 0.4) is 0 Å². The molecule has 0 aliphatic carbocycles. The Hall–Kier alpha value is -0.770. The van der Waals surface area contributed by atoms with Gasteiger partial charge in [0.25, 0.3) is 0 Å². The van der Waals surface area contributed by atoms with Crippen LogP contribution in [-0.4, -0.2) is 44.2 Å². The summed E-state index contributed by atoms with van der Waals surface area (Å²) in [5.74, 6) is 0. The molecule has 0 bridgehead atoms. The zero-order valence-corrected chi connectivity index (χ0v) is 14.2. The fourth-order valence-electron chi connectivity index (χ4n) is 3.07. The van der Waals surface area contributed by atoms with E-state index in [9.17, 15) is 0 Å². The summed E-state index contributed by atoms with van der Waals surface area (Å²) in [4.78, 5) is 4.81. The Labute approximate surface area is 134 Å². The normalized spacial score (nSPS) is 18.7. The van der Waals surface area contributed by atoms with Crippen LogP contribution in [0.25, 0.3) is 0 Å². The second-order valence-corrected chi connectivity index (χ2v) is 6.66. The summed E-state index contributed by atoms with van der Waals surface area (Å²) in [7, 11) is 4.39. The molecule has 0 saturated carbocycles. The van der Waals surface area contributed by atoms with Crippen molar-refractivity contribution >= 4 is 17.3 Å². The number of halogens is 1. The fourth-order valence-corrected chi connectivity index (χ4v) is 3.31. The summed E-state index contributed by atoms with van der Waals surface area (Å²) in [5.41, 5.74) is 8.61. The number of hydrogen-bond donors (Lipinski definition) is 1. The minimum Gasteiger partial charge on any atom is -0.371 e. The van der Waals surface area contributed by atoms with Crippen molar-refractivity contribution < 1.29 is 0 Å². The van der Waals surface area contributed by atoms with E-state index in [1.54, 1.807) is 0 Å². The quantitative estimate of drug-likeness (QED) is 0.907. The van der Waals surface area contributed by atoms with E-state index >= 15 is 0 Å². The maximum atomic E-state index is 6.45. The molecule has 1 atom stereocenters. The van der Waals surface area contributed by atoms with Crippen LogP contribution in [0.5, 0.6) is 0 Å². The van der Waals surface area contributed by atoms with Gasteiger partial charge in [0.1, 0.15) is 0 Å². The summed E-state index contributed by atoms with van der Waals surface area (Å²) >= 11 is 6.45. The first-order valence-electron chi connectivity index (χ1n) is 7.97. The monoisotopic (exact) mass is 309 g/mol. The third-order valence-electron chi connectivity index (χ3n) is 4.70. The van der Waals surface area contributed by atoms with Crippen molar-refractivity contribution in [2.45, 2.75) is 44.7 Å². The van der Waals surface area contributed by atoms with Gasteiger partial charge in [-0.3, -0.25) is 0 Å². The van der Waals surface area contributed by atoms with Gasteiger partial charge in [-0.25, -0.2) is 0 Å². The van der Waals surface area contributed by atoms with E-state index in [-0.39, 0.29) is 6.04 Å². The lowest BCUT2D eigenvalue weighted by Gasteiger charge is -2.37. The van der Waals surface area contributed by atoms with Crippen LogP contribution in [0, 0.1) is 0 Å². The highest BCUT2D eigenvalue weighted by Crippen LogP contribution is 2.31. The summed E-state index contributed by atoms with van der Waals surface area (Å²) in [6, 6.07) is 6.97. The van der Waals surface area contributed by atoms with Crippen LogP contribution >= 0.6 is 11.6 Å². The molecule has 3 nitrogen and oxygen atoms in total. The Morgan fingerprint density at radius 3 is 2.67 bits per heavy atom. The number of rotatable bonds is 5.